The van der Waals surface area contributed by atoms with Gasteiger partial charge in [0.2, 0.25) is 0 Å². The summed E-state index contributed by atoms with van der Waals surface area (Å²) in [5.41, 5.74) is 7.82. The van der Waals surface area contributed by atoms with Crippen molar-refractivity contribution < 1.29 is 0 Å². The highest BCUT2D eigenvalue weighted by atomic mass is 14.8. The predicted molar refractivity (Wildman–Crippen MR) is 128 cm³/mol. The highest BCUT2D eigenvalue weighted by Gasteiger charge is 2.12. The molecule has 0 heterocycles. The first kappa shape index (κ1) is 23.9. The van der Waals surface area contributed by atoms with E-state index in [0.717, 1.165) is 5.69 Å². The zero-order chi connectivity index (χ0) is 21.4. The summed E-state index contributed by atoms with van der Waals surface area (Å²) >= 11 is 0. The quantitative estimate of drug-likeness (QED) is 0.501. The van der Waals surface area contributed by atoms with Gasteiger partial charge in [0.1, 0.15) is 0 Å². The lowest BCUT2D eigenvalue weighted by Gasteiger charge is -2.18. The Morgan fingerprint density at radius 2 is 0.964 bits per heavy atom. The highest BCUT2D eigenvalue weighted by Crippen LogP contribution is 2.34. The average Bonchev–Trinajstić information content (AvgIpc) is 2.66. The van der Waals surface area contributed by atoms with Gasteiger partial charge in [0.15, 0.2) is 0 Å². The zero-order valence-electron chi connectivity index (χ0n) is 19.4. The lowest BCUT2D eigenvalue weighted by Crippen LogP contribution is -2.03. The van der Waals surface area contributed by atoms with Crippen molar-refractivity contribution in [2.45, 2.75) is 79.1 Å². The van der Waals surface area contributed by atoms with Gasteiger partial charge >= 0.3 is 0 Å². The first-order chi connectivity index (χ1) is 13.1. The molecule has 0 amide bonds. The van der Waals surface area contributed by atoms with E-state index in [2.05, 4.69) is 109 Å². The summed E-state index contributed by atoms with van der Waals surface area (Å²) < 4.78 is 0. The maximum Gasteiger partial charge on any atom is 0.0691 e. The summed E-state index contributed by atoms with van der Waals surface area (Å²) in [5, 5.41) is 3.33. The lowest BCUT2D eigenvalue weighted by molar-refractivity contribution is 0.835. The van der Waals surface area contributed by atoms with Crippen molar-refractivity contribution in [1.82, 2.24) is 0 Å². The maximum atomic E-state index is 4.16. The van der Waals surface area contributed by atoms with E-state index in [1.54, 1.807) is 0 Å². The Kier molecular flexibility index (Phi) is 9.45. The molecule has 154 valence electrons. The van der Waals surface area contributed by atoms with E-state index in [1.165, 1.54) is 27.9 Å². The van der Waals surface area contributed by atoms with Gasteiger partial charge in [-0.1, -0.05) is 91.8 Å². The lowest BCUT2D eigenvalue weighted by atomic mass is 9.93. The second-order valence-corrected chi connectivity index (χ2v) is 8.62. The van der Waals surface area contributed by atoms with Crippen molar-refractivity contribution >= 4 is 18.1 Å². The van der Waals surface area contributed by atoms with E-state index in [9.17, 15) is 0 Å². The molecule has 2 nitrogen and oxygen atoms in total. The van der Waals surface area contributed by atoms with Gasteiger partial charge in [0.25, 0.3) is 0 Å². The SMILES string of the molecule is C=Nc1c(C(C)C)cccc1C(C)C.CNc1c(C(C)C)cccc1C(C)C. The van der Waals surface area contributed by atoms with Crippen LogP contribution in [0.3, 0.4) is 0 Å². The predicted octanol–water partition coefficient (Wildman–Crippen LogP) is 8.24. The number of nitrogens with zero attached hydrogens (tertiary/aromatic N) is 1. The van der Waals surface area contributed by atoms with Crippen LogP contribution < -0.4 is 5.32 Å². The Hall–Kier alpha value is -2.09. The van der Waals surface area contributed by atoms with Crippen molar-refractivity contribution in [2.75, 3.05) is 12.4 Å². The number of rotatable bonds is 6. The van der Waals surface area contributed by atoms with Crippen LogP contribution in [0.5, 0.6) is 0 Å². The monoisotopic (exact) mass is 380 g/mol. The van der Waals surface area contributed by atoms with Crippen LogP contribution in [-0.2, 0) is 0 Å². The van der Waals surface area contributed by atoms with Crippen LogP contribution in [0.1, 0.15) is 101 Å². The van der Waals surface area contributed by atoms with Gasteiger partial charge in [-0.15, -0.1) is 0 Å². The van der Waals surface area contributed by atoms with Gasteiger partial charge in [-0.05, 0) is 52.6 Å². The van der Waals surface area contributed by atoms with Gasteiger partial charge < -0.3 is 5.32 Å². The molecule has 0 atom stereocenters. The minimum atomic E-state index is 0.509. The van der Waals surface area contributed by atoms with Gasteiger partial charge in [0.05, 0.1) is 5.69 Å². The molecule has 0 unspecified atom stereocenters. The van der Waals surface area contributed by atoms with E-state index < -0.39 is 0 Å². The molecule has 0 bridgehead atoms. The van der Waals surface area contributed by atoms with Crippen LogP contribution >= 0.6 is 0 Å². The van der Waals surface area contributed by atoms with Crippen molar-refractivity contribution in [3.63, 3.8) is 0 Å². The molecular formula is C26H40N2. The Morgan fingerprint density at radius 3 is 1.21 bits per heavy atom. The topological polar surface area (TPSA) is 24.4 Å². The summed E-state index contributed by atoms with van der Waals surface area (Å²) in [7, 11) is 2.01. The third kappa shape index (κ3) is 5.95. The molecule has 0 aliphatic carbocycles. The molecule has 0 aliphatic rings. The maximum absolute atomic E-state index is 4.16. The molecule has 2 aromatic carbocycles. The molecular weight excluding hydrogens is 340 g/mol. The first-order valence-corrected chi connectivity index (χ1v) is 10.6. The molecule has 1 N–H and O–H groups in total. The van der Waals surface area contributed by atoms with E-state index in [0.29, 0.717) is 23.7 Å². The molecule has 0 saturated heterocycles. The van der Waals surface area contributed by atoms with E-state index >= 15 is 0 Å². The largest absolute Gasteiger partial charge is 0.388 e. The standard InChI is InChI=1S/C13H21N.C13H19N/c2*1-9(2)11-7-6-8-12(10(3)4)13(11)14-5/h6-10,14H,1-5H3;6-10H,5H2,1-4H3. The van der Waals surface area contributed by atoms with Crippen molar-refractivity contribution in [1.29, 1.82) is 0 Å². The van der Waals surface area contributed by atoms with Crippen LogP contribution in [0.4, 0.5) is 11.4 Å². The molecule has 0 saturated carbocycles. The number of benzene rings is 2. The van der Waals surface area contributed by atoms with Crippen LogP contribution in [0.25, 0.3) is 0 Å². The van der Waals surface area contributed by atoms with E-state index in [4.69, 9.17) is 0 Å². The summed E-state index contributed by atoms with van der Waals surface area (Å²) in [5.74, 6) is 2.18. The minimum Gasteiger partial charge on any atom is -0.388 e. The molecule has 28 heavy (non-hydrogen) atoms. The molecule has 0 aliphatic heterocycles. The molecule has 2 heteroatoms. The number of hydrogen-bond acceptors (Lipinski definition) is 2. The fraction of sp³-hybridized carbons (Fsp3) is 0.500. The second-order valence-electron chi connectivity index (χ2n) is 8.62. The van der Waals surface area contributed by atoms with Crippen LogP contribution in [0.15, 0.2) is 41.4 Å². The Bertz CT molecular complexity index is 703. The normalized spacial score (nSPS) is 11.0. The zero-order valence-corrected chi connectivity index (χ0v) is 19.4. The number of anilines is 1. The second kappa shape index (κ2) is 11.0. The Morgan fingerprint density at radius 1 is 0.643 bits per heavy atom. The molecule has 2 rings (SSSR count). The number of aliphatic imine (C=N–C) groups is 1. The van der Waals surface area contributed by atoms with Gasteiger partial charge in [-0.3, -0.25) is 4.99 Å². The van der Waals surface area contributed by atoms with Crippen LogP contribution in [-0.4, -0.2) is 13.8 Å². The summed E-state index contributed by atoms with van der Waals surface area (Å²) in [6, 6.07) is 13.0. The summed E-state index contributed by atoms with van der Waals surface area (Å²) in [4.78, 5) is 4.16. The number of hydrogen-bond donors (Lipinski definition) is 1. The minimum absolute atomic E-state index is 0.509. The van der Waals surface area contributed by atoms with Gasteiger partial charge in [-0.25, -0.2) is 0 Å². The fourth-order valence-electron chi connectivity index (χ4n) is 3.53. The number of para-hydroxylation sites is 2. The Labute approximate surface area is 173 Å². The van der Waals surface area contributed by atoms with Gasteiger partial charge in [-0.2, -0.15) is 0 Å². The fourth-order valence-corrected chi connectivity index (χ4v) is 3.53. The van der Waals surface area contributed by atoms with Crippen molar-refractivity contribution in [3.05, 3.63) is 58.7 Å². The smallest absolute Gasteiger partial charge is 0.0691 e. The summed E-state index contributed by atoms with van der Waals surface area (Å²) in [6.07, 6.45) is 0. The number of nitrogens with one attached hydrogen (secondary N) is 1. The van der Waals surface area contributed by atoms with E-state index in [1.807, 2.05) is 7.05 Å². The van der Waals surface area contributed by atoms with E-state index in [-0.39, 0.29) is 0 Å². The highest BCUT2D eigenvalue weighted by molar-refractivity contribution is 5.60. The van der Waals surface area contributed by atoms with Crippen molar-refractivity contribution in [3.8, 4) is 0 Å². The van der Waals surface area contributed by atoms with Gasteiger partial charge in [0, 0.05) is 12.7 Å². The third-order valence-corrected chi connectivity index (χ3v) is 5.12. The van der Waals surface area contributed by atoms with Crippen LogP contribution in [0.2, 0.25) is 0 Å². The third-order valence-electron chi connectivity index (χ3n) is 5.12. The Balaban J connectivity index is 0.000000280. The molecule has 2 aromatic rings. The molecule has 0 radical (unpaired) electrons. The molecule has 0 aromatic heterocycles. The summed E-state index contributed by atoms with van der Waals surface area (Å²) in [6.45, 7) is 21.4. The van der Waals surface area contributed by atoms with Crippen LogP contribution in [0, 0.1) is 0 Å². The average molecular weight is 381 g/mol. The van der Waals surface area contributed by atoms with Crippen molar-refractivity contribution in [2.24, 2.45) is 4.99 Å². The molecule has 0 fully saturated rings. The first-order valence-electron chi connectivity index (χ1n) is 10.6. The molecule has 0 spiro atoms.